The summed E-state index contributed by atoms with van der Waals surface area (Å²) in [4.78, 5) is 38.4. The second-order valence-corrected chi connectivity index (χ2v) is 22.0. The standard InChI is InChI=1S/C73H124O6/c1-4-7-10-13-16-19-22-25-28-31-34-35-36-37-40-42-45-48-51-54-57-60-63-66-72(75)78-69-70(79-73(76)67-64-61-58-55-52-49-46-43-39-33-30-27-24-21-18-15-12-9-6-3)68-77-71(74)65-62-59-56-53-50-47-44-41-38-32-29-26-23-20-17-14-11-8-5-2/h9,12,18,21-22,25-27,29-31,34,39,43,49,52,58,61,70H,4-8,10-11,13-17,19-20,23-24,28,32-33,35-38,40-42,44-48,50-51,53-57,59-60,62-69H2,1-3H3/b12-9-,21-18-,25-22-,29-26-,30-27-,34-31-,43-39-,52-49-,61-58-. The lowest BCUT2D eigenvalue weighted by atomic mass is 10.0. The molecule has 0 aliphatic heterocycles. The predicted molar refractivity (Wildman–Crippen MR) is 343 cm³/mol. The average Bonchev–Trinajstić information content (AvgIpc) is 3.45. The van der Waals surface area contributed by atoms with Crippen molar-refractivity contribution in [3.8, 4) is 0 Å². The van der Waals surface area contributed by atoms with Crippen LogP contribution in [0.2, 0.25) is 0 Å². The Balaban J connectivity index is 4.46. The number of carbonyl (C=O) groups is 3. The van der Waals surface area contributed by atoms with Crippen molar-refractivity contribution < 1.29 is 28.6 Å². The number of hydrogen-bond acceptors (Lipinski definition) is 6. The topological polar surface area (TPSA) is 78.9 Å². The van der Waals surface area contributed by atoms with Crippen molar-refractivity contribution in [2.24, 2.45) is 0 Å². The van der Waals surface area contributed by atoms with Gasteiger partial charge in [0.1, 0.15) is 13.2 Å². The molecular formula is C73H124O6. The van der Waals surface area contributed by atoms with Gasteiger partial charge in [-0.2, -0.15) is 0 Å². The van der Waals surface area contributed by atoms with Crippen molar-refractivity contribution in [3.05, 3.63) is 109 Å². The van der Waals surface area contributed by atoms with E-state index in [2.05, 4.69) is 124 Å². The molecule has 0 heterocycles. The van der Waals surface area contributed by atoms with E-state index in [1.165, 1.54) is 186 Å². The number of rotatable bonds is 60. The van der Waals surface area contributed by atoms with Gasteiger partial charge in [-0.05, 0) is 116 Å². The van der Waals surface area contributed by atoms with Crippen molar-refractivity contribution in [1.29, 1.82) is 0 Å². The Morgan fingerprint density at radius 2 is 0.519 bits per heavy atom. The maximum absolute atomic E-state index is 12.9. The number of esters is 3. The van der Waals surface area contributed by atoms with E-state index in [1.807, 2.05) is 6.08 Å². The molecule has 0 radical (unpaired) electrons. The molecular weight excluding hydrogens is 973 g/mol. The molecule has 0 amide bonds. The number of hydrogen-bond donors (Lipinski definition) is 0. The maximum atomic E-state index is 12.9. The van der Waals surface area contributed by atoms with Gasteiger partial charge >= 0.3 is 17.9 Å². The molecule has 1 atom stereocenters. The van der Waals surface area contributed by atoms with Crippen molar-refractivity contribution in [1.82, 2.24) is 0 Å². The van der Waals surface area contributed by atoms with Gasteiger partial charge in [-0.15, -0.1) is 0 Å². The molecule has 0 N–H and O–H groups in total. The number of unbranched alkanes of at least 4 members (excludes halogenated alkanes) is 31. The summed E-state index contributed by atoms with van der Waals surface area (Å²) in [5.41, 5.74) is 0. The Bertz CT molecular complexity index is 1590. The van der Waals surface area contributed by atoms with Crippen LogP contribution in [0, 0.1) is 0 Å². The third-order valence-corrected chi connectivity index (χ3v) is 14.2. The molecule has 6 heteroatoms. The molecule has 0 aromatic rings. The second-order valence-electron chi connectivity index (χ2n) is 22.0. The molecule has 6 nitrogen and oxygen atoms in total. The Morgan fingerprint density at radius 1 is 0.266 bits per heavy atom. The fraction of sp³-hybridized carbons (Fsp3) is 0.712. The van der Waals surface area contributed by atoms with Crippen LogP contribution in [0.5, 0.6) is 0 Å². The fourth-order valence-electron chi connectivity index (χ4n) is 9.26. The molecule has 0 fully saturated rings. The zero-order chi connectivity index (χ0) is 57.1. The van der Waals surface area contributed by atoms with Gasteiger partial charge in [0.25, 0.3) is 0 Å². The summed E-state index contributed by atoms with van der Waals surface area (Å²) in [6.45, 7) is 6.48. The Morgan fingerprint density at radius 3 is 0.835 bits per heavy atom. The van der Waals surface area contributed by atoms with Gasteiger partial charge in [-0.1, -0.05) is 291 Å². The van der Waals surface area contributed by atoms with Crippen molar-refractivity contribution in [2.45, 2.75) is 322 Å². The highest BCUT2D eigenvalue weighted by molar-refractivity contribution is 5.71. The lowest BCUT2D eigenvalue weighted by Gasteiger charge is -2.18. The number of ether oxygens (including phenoxy) is 3. The molecule has 0 saturated carbocycles. The van der Waals surface area contributed by atoms with Crippen LogP contribution in [0.3, 0.4) is 0 Å². The largest absolute Gasteiger partial charge is 0.462 e. The SMILES string of the molecule is CC/C=C\C/C=C\C/C=C\C/C=C\C/C=C\C/C=C\CCC(=O)OC(COC(=O)CCCCCCCCCCC/C=C\CCCCCCCC)COC(=O)CCCCCCCCCCCCC/C=C\C/C=C\CCCCCCC. The van der Waals surface area contributed by atoms with Gasteiger partial charge in [0.05, 0.1) is 0 Å². The molecule has 0 aliphatic rings. The van der Waals surface area contributed by atoms with Crippen molar-refractivity contribution >= 4 is 17.9 Å². The first kappa shape index (κ1) is 75.1. The molecule has 0 rings (SSSR count). The van der Waals surface area contributed by atoms with E-state index in [0.29, 0.717) is 19.3 Å². The molecule has 0 saturated heterocycles. The number of allylic oxidation sites excluding steroid dienone is 18. The van der Waals surface area contributed by atoms with Crippen LogP contribution in [-0.4, -0.2) is 37.2 Å². The van der Waals surface area contributed by atoms with E-state index < -0.39 is 12.1 Å². The summed E-state index contributed by atoms with van der Waals surface area (Å²) >= 11 is 0. The van der Waals surface area contributed by atoms with E-state index in [0.717, 1.165) is 83.5 Å². The summed E-state index contributed by atoms with van der Waals surface area (Å²) in [6, 6.07) is 0. The highest BCUT2D eigenvalue weighted by Gasteiger charge is 2.19. The van der Waals surface area contributed by atoms with Crippen LogP contribution in [0.15, 0.2) is 109 Å². The second kappa shape index (κ2) is 66.6. The van der Waals surface area contributed by atoms with Crippen LogP contribution < -0.4 is 0 Å². The maximum Gasteiger partial charge on any atom is 0.306 e. The summed E-state index contributed by atoms with van der Waals surface area (Å²) < 4.78 is 16.9. The summed E-state index contributed by atoms with van der Waals surface area (Å²) in [6.07, 6.45) is 91.1. The van der Waals surface area contributed by atoms with Gasteiger partial charge in [-0.25, -0.2) is 0 Å². The van der Waals surface area contributed by atoms with Gasteiger partial charge in [0.2, 0.25) is 0 Å². The molecule has 1 unspecified atom stereocenters. The lowest BCUT2D eigenvalue weighted by molar-refractivity contribution is -0.166. The minimum Gasteiger partial charge on any atom is -0.462 e. The summed E-state index contributed by atoms with van der Waals surface area (Å²) in [5, 5.41) is 0. The molecule has 79 heavy (non-hydrogen) atoms. The summed E-state index contributed by atoms with van der Waals surface area (Å²) in [7, 11) is 0. The molecule has 0 bridgehead atoms. The van der Waals surface area contributed by atoms with E-state index in [9.17, 15) is 14.4 Å². The molecule has 0 aliphatic carbocycles. The Hall–Kier alpha value is -3.93. The first-order valence-electron chi connectivity index (χ1n) is 33.4. The first-order chi connectivity index (χ1) is 39.0. The smallest absolute Gasteiger partial charge is 0.306 e. The van der Waals surface area contributed by atoms with Crippen LogP contribution >= 0.6 is 0 Å². The Kier molecular flexibility index (Phi) is 63.3. The van der Waals surface area contributed by atoms with Gasteiger partial charge in [0.15, 0.2) is 6.10 Å². The monoisotopic (exact) mass is 1100 g/mol. The van der Waals surface area contributed by atoms with E-state index in [4.69, 9.17) is 14.2 Å². The highest BCUT2D eigenvalue weighted by Crippen LogP contribution is 2.16. The number of carbonyl (C=O) groups excluding carboxylic acids is 3. The van der Waals surface area contributed by atoms with Gasteiger partial charge in [-0.3, -0.25) is 14.4 Å². The minimum absolute atomic E-state index is 0.110. The normalized spacial score (nSPS) is 12.8. The Labute approximate surface area is 489 Å². The van der Waals surface area contributed by atoms with Gasteiger partial charge in [0, 0.05) is 19.3 Å². The van der Waals surface area contributed by atoms with Crippen molar-refractivity contribution in [2.75, 3.05) is 13.2 Å². The zero-order valence-corrected chi connectivity index (χ0v) is 51.9. The van der Waals surface area contributed by atoms with Crippen LogP contribution in [0.25, 0.3) is 0 Å². The van der Waals surface area contributed by atoms with Gasteiger partial charge < -0.3 is 14.2 Å². The summed E-state index contributed by atoms with van der Waals surface area (Å²) in [5.74, 6) is -0.989. The third-order valence-electron chi connectivity index (χ3n) is 14.2. The molecule has 0 spiro atoms. The molecule has 0 aromatic carbocycles. The van der Waals surface area contributed by atoms with E-state index in [1.54, 1.807) is 0 Å². The lowest BCUT2D eigenvalue weighted by Crippen LogP contribution is -2.30. The average molecular weight is 1100 g/mol. The molecule has 452 valence electrons. The van der Waals surface area contributed by atoms with Crippen LogP contribution in [0.4, 0.5) is 0 Å². The minimum atomic E-state index is -0.823. The van der Waals surface area contributed by atoms with E-state index >= 15 is 0 Å². The van der Waals surface area contributed by atoms with Crippen LogP contribution in [0.1, 0.15) is 316 Å². The quantitative estimate of drug-likeness (QED) is 0.0261. The molecule has 0 aromatic heterocycles. The predicted octanol–water partition coefficient (Wildman–Crippen LogP) is 23.0. The fourth-order valence-corrected chi connectivity index (χ4v) is 9.26. The van der Waals surface area contributed by atoms with Crippen molar-refractivity contribution in [3.63, 3.8) is 0 Å². The highest BCUT2D eigenvalue weighted by atomic mass is 16.6. The van der Waals surface area contributed by atoms with E-state index in [-0.39, 0.29) is 31.6 Å². The third kappa shape index (κ3) is 64.8. The van der Waals surface area contributed by atoms with Crippen LogP contribution in [-0.2, 0) is 28.6 Å². The first-order valence-corrected chi connectivity index (χ1v) is 33.4. The zero-order valence-electron chi connectivity index (χ0n) is 51.9.